The fourth-order valence-corrected chi connectivity index (χ4v) is 5.11. The lowest BCUT2D eigenvalue weighted by atomic mass is 9.92. The highest BCUT2D eigenvalue weighted by Crippen LogP contribution is 2.32. The smallest absolute Gasteiger partial charge is 0.270 e. The molecule has 0 spiro atoms. The van der Waals surface area contributed by atoms with Crippen molar-refractivity contribution < 1.29 is 4.79 Å². The van der Waals surface area contributed by atoms with Crippen LogP contribution in [-0.4, -0.2) is 71.1 Å². The van der Waals surface area contributed by atoms with E-state index in [1.165, 1.54) is 11.1 Å². The van der Waals surface area contributed by atoms with Crippen LogP contribution >= 0.6 is 0 Å². The Balaban J connectivity index is 1.36. The number of anilines is 3. The molecule has 1 saturated heterocycles. The lowest BCUT2D eigenvalue weighted by molar-refractivity contribution is 0.0934. The highest BCUT2D eigenvalue weighted by atomic mass is 16.1. The van der Waals surface area contributed by atoms with Gasteiger partial charge in [0.25, 0.3) is 5.91 Å². The van der Waals surface area contributed by atoms with Crippen LogP contribution in [0.2, 0.25) is 0 Å². The van der Waals surface area contributed by atoms with Crippen LogP contribution in [-0.2, 0) is 13.0 Å². The summed E-state index contributed by atoms with van der Waals surface area (Å²) in [6.45, 7) is 10.9. The highest BCUT2D eigenvalue weighted by molar-refractivity contribution is 5.92. The minimum absolute atomic E-state index is 0.123. The minimum Gasteiger partial charge on any atom is -0.368 e. The Morgan fingerprint density at radius 1 is 1.05 bits per heavy atom. The molecule has 2 aliphatic heterocycles. The third kappa shape index (κ3) is 5.57. The van der Waals surface area contributed by atoms with Crippen molar-refractivity contribution in [3.63, 3.8) is 0 Å². The van der Waals surface area contributed by atoms with Gasteiger partial charge in [-0.05, 0) is 62.6 Å². The van der Waals surface area contributed by atoms with E-state index in [9.17, 15) is 4.79 Å². The number of fused-ring (bicyclic) bond motifs is 1. The molecule has 1 fully saturated rings. The van der Waals surface area contributed by atoms with Crippen molar-refractivity contribution in [2.24, 2.45) is 0 Å². The topological polar surface area (TPSA) is 104 Å². The molecule has 0 bridgehead atoms. The maximum atomic E-state index is 12.4. The average molecular weight is 515 g/mol. The first-order chi connectivity index (χ1) is 18.3. The Morgan fingerprint density at radius 3 is 2.50 bits per heavy atom. The van der Waals surface area contributed by atoms with Crippen molar-refractivity contribution in [1.29, 1.82) is 0 Å². The third-order valence-corrected chi connectivity index (χ3v) is 7.75. The van der Waals surface area contributed by atoms with Gasteiger partial charge >= 0.3 is 0 Å². The molecule has 2 aliphatic rings. The summed E-state index contributed by atoms with van der Waals surface area (Å²) >= 11 is 0. The van der Waals surface area contributed by atoms with E-state index >= 15 is 0 Å². The maximum Gasteiger partial charge on any atom is 0.270 e. The number of aromatic nitrogens is 3. The van der Waals surface area contributed by atoms with Gasteiger partial charge in [-0.3, -0.25) is 9.78 Å². The Morgan fingerprint density at radius 2 is 1.79 bits per heavy atom. The van der Waals surface area contributed by atoms with E-state index in [-0.39, 0.29) is 18.0 Å². The van der Waals surface area contributed by atoms with Crippen molar-refractivity contribution in [1.82, 2.24) is 25.2 Å². The van der Waals surface area contributed by atoms with Crippen LogP contribution in [0, 0.1) is 0 Å². The monoisotopic (exact) mass is 514 g/mol. The lowest BCUT2D eigenvalue weighted by Gasteiger charge is -2.37. The van der Waals surface area contributed by atoms with E-state index in [0.29, 0.717) is 11.6 Å². The largest absolute Gasteiger partial charge is 0.368 e. The molecule has 5 rings (SSSR count). The molecule has 2 atom stereocenters. The van der Waals surface area contributed by atoms with Crippen LogP contribution in [0.15, 0.2) is 42.6 Å². The SMILES string of the molecule is CC[C@@H](C)NC(=O)c1ccc(-c2ccc3c(c2)CN(c2cc(N4CCN(C)CC4)nc(N)n2)C(C)C3)cn1. The zero-order valence-electron chi connectivity index (χ0n) is 22.8. The van der Waals surface area contributed by atoms with Crippen molar-refractivity contribution in [2.45, 2.75) is 52.2 Å². The highest BCUT2D eigenvalue weighted by Gasteiger charge is 2.26. The number of hydrogen-bond donors (Lipinski definition) is 2. The molecule has 9 nitrogen and oxygen atoms in total. The number of carbonyl (C=O) groups excluding carboxylic acids is 1. The zero-order chi connectivity index (χ0) is 26.8. The molecule has 4 heterocycles. The molecule has 3 N–H and O–H groups in total. The third-order valence-electron chi connectivity index (χ3n) is 7.75. The number of piperazine rings is 1. The number of nitrogens with two attached hydrogens (primary N) is 1. The average Bonchev–Trinajstić information content (AvgIpc) is 2.92. The number of hydrogen-bond acceptors (Lipinski definition) is 8. The molecule has 0 radical (unpaired) electrons. The quantitative estimate of drug-likeness (QED) is 0.516. The van der Waals surface area contributed by atoms with Crippen LogP contribution in [0.25, 0.3) is 11.1 Å². The number of carbonyl (C=O) groups is 1. The fraction of sp³-hybridized carbons (Fsp3) is 0.448. The molecule has 3 aromatic rings. The Hall–Kier alpha value is -3.72. The number of nitrogens with one attached hydrogen (secondary N) is 1. The summed E-state index contributed by atoms with van der Waals surface area (Å²) in [5.74, 6) is 1.94. The van der Waals surface area contributed by atoms with Gasteiger partial charge in [-0.25, -0.2) is 0 Å². The van der Waals surface area contributed by atoms with Crippen LogP contribution in [0.1, 0.15) is 48.8 Å². The summed E-state index contributed by atoms with van der Waals surface area (Å²) in [4.78, 5) is 33.0. The van der Waals surface area contributed by atoms with Crippen LogP contribution in [0.3, 0.4) is 0 Å². The minimum atomic E-state index is -0.138. The molecule has 200 valence electrons. The Bertz CT molecular complexity index is 1290. The van der Waals surface area contributed by atoms with Gasteiger partial charge in [0.15, 0.2) is 0 Å². The second-order valence-corrected chi connectivity index (χ2v) is 10.6. The summed E-state index contributed by atoms with van der Waals surface area (Å²) in [5.41, 5.74) is 11.3. The predicted octanol–water partition coefficient (Wildman–Crippen LogP) is 3.35. The van der Waals surface area contributed by atoms with Crippen molar-refractivity contribution >= 4 is 23.5 Å². The first kappa shape index (κ1) is 25.9. The molecule has 2 aromatic heterocycles. The molecule has 0 saturated carbocycles. The maximum absolute atomic E-state index is 12.4. The number of nitrogen functional groups attached to an aromatic ring is 1. The van der Waals surface area contributed by atoms with Crippen LogP contribution in [0.4, 0.5) is 17.6 Å². The zero-order valence-corrected chi connectivity index (χ0v) is 22.8. The number of rotatable bonds is 6. The number of likely N-dealkylation sites (N-methyl/N-ethyl adjacent to an activating group) is 1. The predicted molar refractivity (Wildman–Crippen MR) is 152 cm³/mol. The van der Waals surface area contributed by atoms with Gasteiger partial charge in [-0.15, -0.1) is 0 Å². The molecule has 1 amide bonds. The summed E-state index contributed by atoms with van der Waals surface area (Å²) < 4.78 is 0. The van der Waals surface area contributed by atoms with Crippen molar-refractivity contribution in [3.8, 4) is 11.1 Å². The summed E-state index contributed by atoms with van der Waals surface area (Å²) in [6.07, 6.45) is 3.59. The Kier molecular flexibility index (Phi) is 7.46. The molecular formula is C29H38N8O. The molecule has 1 unspecified atom stereocenters. The van der Waals surface area contributed by atoms with Crippen LogP contribution in [0.5, 0.6) is 0 Å². The number of pyridine rings is 1. The number of amides is 1. The number of nitrogens with zero attached hydrogens (tertiary/aromatic N) is 6. The molecule has 1 aromatic carbocycles. The van der Waals surface area contributed by atoms with E-state index in [2.05, 4.69) is 73.2 Å². The second-order valence-electron chi connectivity index (χ2n) is 10.6. The van der Waals surface area contributed by atoms with Crippen LogP contribution < -0.4 is 20.9 Å². The molecule has 9 heteroatoms. The summed E-state index contributed by atoms with van der Waals surface area (Å²) in [6, 6.07) is 12.8. The van der Waals surface area contributed by atoms with Crippen molar-refractivity contribution in [3.05, 3.63) is 59.4 Å². The van der Waals surface area contributed by atoms with E-state index < -0.39 is 0 Å². The fourth-order valence-electron chi connectivity index (χ4n) is 5.11. The van der Waals surface area contributed by atoms with Gasteiger partial charge in [-0.1, -0.05) is 25.1 Å². The standard InChI is InChI=1S/C29H38N8O/c1-5-19(2)32-28(38)25-9-8-23(17-31-25)22-7-6-21-14-20(3)37(18-24(21)15-22)27-16-26(33-29(30)34-27)36-12-10-35(4)11-13-36/h6-9,15-17,19-20H,5,10-14,18H2,1-4H3,(H,32,38)(H2,30,33,34)/t19-,20?/m1/s1. The van der Waals surface area contributed by atoms with Gasteiger partial charge < -0.3 is 25.8 Å². The first-order valence-electron chi connectivity index (χ1n) is 13.5. The summed E-state index contributed by atoms with van der Waals surface area (Å²) in [7, 11) is 2.15. The normalized spacial score (nSPS) is 18.7. The van der Waals surface area contributed by atoms with Gasteiger partial charge in [0, 0.05) is 62.6 Å². The van der Waals surface area contributed by atoms with E-state index in [0.717, 1.165) is 68.3 Å². The van der Waals surface area contributed by atoms with Gasteiger partial charge in [-0.2, -0.15) is 9.97 Å². The van der Waals surface area contributed by atoms with E-state index in [4.69, 9.17) is 5.73 Å². The van der Waals surface area contributed by atoms with Crippen molar-refractivity contribution in [2.75, 3.05) is 48.8 Å². The van der Waals surface area contributed by atoms with Gasteiger partial charge in [0.05, 0.1) is 0 Å². The molecular weight excluding hydrogens is 476 g/mol. The van der Waals surface area contributed by atoms with E-state index in [1.807, 2.05) is 19.9 Å². The lowest BCUT2D eigenvalue weighted by Crippen LogP contribution is -2.45. The van der Waals surface area contributed by atoms with Gasteiger partial charge in [0.2, 0.25) is 5.95 Å². The number of benzene rings is 1. The first-order valence-corrected chi connectivity index (χ1v) is 13.5. The summed E-state index contributed by atoms with van der Waals surface area (Å²) in [5, 5.41) is 2.97. The Labute approximate surface area is 225 Å². The van der Waals surface area contributed by atoms with E-state index in [1.54, 1.807) is 12.3 Å². The second kappa shape index (κ2) is 10.9. The molecule has 38 heavy (non-hydrogen) atoms. The molecule has 0 aliphatic carbocycles. The van der Waals surface area contributed by atoms with Gasteiger partial charge in [0.1, 0.15) is 17.3 Å².